The third-order valence-electron chi connectivity index (χ3n) is 1.61. The average Bonchev–Trinajstić information content (AvgIpc) is 2.50. The summed E-state index contributed by atoms with van der Waals surface area (Å²) in [6, 6.07) is 0. The number of rotatable bonds is 3. The molecular formula is C10H16N2O3. The Morgan fingerprint density at radius 1 is 1.47 bits per heavy atom. The van der Waals surface area contributed by atoms with E-state index in [0.29, 0.717) is 18.9 Å². The molecule has 0 bridgehead atoms. The van der Waals surface area contributed by atoms with Crippen molar-refractivity contribution in [2.75, 3.05) is 6.61 Å². The van der Waals surface area contributed by atoms with Crippen LogP contribution >= 0.6 is 0 Å². The van der Waals surface area contributed by atoms with Gasteiger partial charge < -0.3 is 9.26 Å². The van der Waals surface area contributed by atoms with Crippen LogP contribution < -0.4 is 0 Å². The van der Waals surface area contributed by atoms with E-state index >= 15 is 0 Å². The second-order valence-corrected chi connectivity index (χ2v) is 4.47. The highest BCUT2D eigenvalue weighted by Crippen LogP contribution is 2.19. The number of carbonyl (C=O) groups excluding carboxylic acids is 1. The predicted octanol–water partition coefficient (Wildman–Crippen LogP) is 1.83. The number of ether oxygens (including phenoxy) is 1. The van der Waals surface area contributed by atoms with E-state index in [9.17, 15) is 4.79 Å². The molecule has 0 N–H and O–H groups in total. The highest BCUT2D eigenvalue weighted by atomic mass is 16.5. The molecular weight excluding hydrogens is 196 g/mol. The van der Waals surface area contributed by atoms with Crippen molar-refractivity contribution >= 4 is 5.97 Å². The highest BCUT2D eigenvalue weighted by molar-refractivity contribution is 5.84. The van der Waals surface area contributed by atoms with Gasteiger partial charge in [-0.15, -0.1) is 0 Å². The summed E-state index contributed by atoms with van der Waals surface area (Å²) in [7, 11) is 0. The van der Waals surface area contributed by atoms with Gasteiger partial charge in [-0.25, -0.2) is 4.79 Å². The molecule has 0 spiro atoms. The molecule has 0 aliphatic heterocycles. The minimum absolute atomic E-state index is 0.00361. The molecule has 1 aromatic rings. The molecule has 0 radical (unpaired) electrons. The summed E-state index contributed by atoms with van der Waals surface area (Å²) in [5, 5.41) is 3.56. The fraction of sp³-hybridized carbons (Fsp3) is 0.700. The molecule has 1 rings (SSSR count). The Hall–Kier alpha value is -1.39. The van der Waals surface area contributed by atoms with Crippen LogP contribution in [-0.4, -0.2) is 22.7 Å². The van der Waals surface area contributed by atoms with Crippen LogP contribution in [0.2, 0.25) is 0 Å². The van der Waals surface area contributed by atoms with Crippen molar-refractivity contribution in [2.24, 2.45) is 5.41 Å². The maximum atomic E-state index is 11.2. The fourth-order valence-corrected chi connectivity index (χ4v) is 1.06. The number of carbonyl (C=O) groups is 1. The van der Waals surface area contributed by atoms with Crippen molar-refractivity contribution in [1.29, 1.82) is 0 Å². The van der Waals surface area contributed by atoms with Gasteiger partial charge in [0, 0.05) is 6.42 Å². The van der Waals surface area contributed by atoms with Gasteiger partial charge in [0.05, 0.1) is 6.61 Å². The topological polar surface area (TPSA) is 65.2 Å². The van der Waals surface area contributed by atoms with Gasteiger partial charge in [0.25, 0.3) is 5.82 Å². The van der Waals surface area contributed by atoms with Gasteiger partial charge >= 0.3 is 5.97 Å². The summed E-state index contributed by atoms with van der Waals surface area (Å²) < 4.78 is 9.69. The smallest absolute Gasteiger partial charge is 0.379 e. The summed E-state index contributed by atoms with van der Waals surface area (Å²) in [5.41, 5.74) is 0.0540. The third-order valence-corrected chi connectivity index (χ3v) is 1.61. The number of nitrogens with zero attached hydrogens (tertiary/aromatic N) is 2. The van der Waals surface area contributed by atoms with E-state index in [1.54, 1.807) is 6.92 Å². The summed E-state index contributed by atoms with van der Waals surface area (Å²) in [4.78, 5) is 15.2. The molecule has 0 aromatic carbocycles. The van der Waals surface area contributed by atoms with Gasteiger partial charge in [-0.3, -0.25) is 0 Å². The zero-order chi connectivity index (χ0) is 11.5. The summed E-state index contributed by atoms with van der Waals surface area (Å²) in [5.74, 6) is -0.0805. The van der Waals surface area contributed by atoms with Crippen LogP contribution in [0.15, 0.2) is 4.52 Å². The molecule has 0 aliphatic carbocycles. The second-order valence-electron chi connectivity index (χ2n) is 4.47. The Morgan fingerprint density at radius 3 is 2.67 bits per heavy atom. The van der Waals surface area contributed by atoms with Crippen LogP contribution in [0, 0.1) is 5.41 Å². The Kier molecular flexibility index (Phi) is 3.44. The van der Waals surface area contributed by atoms with Crippen molar-refractivity contribution in [2.45, 2.75) is 34.1 Å². The Bertz CT molecular complexity index is 339. The van der Waals surface area contributed by atoms with Crippen LogP contribution in [-0.2, 0) is 11.2 Å². The maximum Gasteiger partial charge on any atom is 0.379 e. The quantitative estimate of drug-likeness (QED) is 0.715. The molecule has 0 saturated carbocycles. The first-order valence-electron chi connectivity index (χ1n) is 4.92. The lowest BCUT2D eigenvalue weighted by molar-refractivity contribution is 0.0508. The minimum atomic E-state index is -0.540. The normalized spacial score (nSPS) is 11.5. The van der Waals surface area contributed by atoms with Crippen molar-refractivity contribution in [3.63, 3.8) is 0 Å². The summed E-state index contributed by atoms with van der Waals surface area (Å²) in [6.07, 6.45) is 0.638. The van der Waals surface area contributed by atoms with Gasteiger partial charge in [-0.1, -0.05) is 20.8 Å². The average molecular weight is 212 g/mol. The van der Waals surface area contributed by atoms with Crippen molar-refractivity contribution in [3.8, 4) is 0 Å². The number of aromatic nitrogens is 2. The first kappa shape index (κ1) is 11.7. The van der Waals surface area contributed by atoms with Crippen molar-refractivity contribution in [1.82, 2.24) is 10.1 Å². The van der Waals surface area contributed by atoms with Crippen molar-refractivity contribution < 1.29 is 14.1 Å². The molecule has 84 valence electrons. The zero-order valence-corrected chi connectivity index (χ0v) is 9.53. The largest absolute Gasteiger partial charge is 0.460 e. The third kappa shape index (κ3) is 3.69. The lowest BCUT2D eigenvalue weighted by Gasteiger charge is -2.13. The van der Waals surface area contributed by atoms with Gasteiger partial charge in [0.1, 0.15) is 0 Å². The number of esters is 1. The van der Waals surface area contributed by atoms with Gasteiger partial charge in [-0.2, -0.15) is 4.98 Å². The van der Waals surface area contributed by atoms with E-state index in [1.165, 1.54) is 0 Å². The van der Waals surface area contributed by atoms with E-state index in [1.807, 2.05) is 0 Å². The molecule has 1 aromatic heterocycles. The van der Waals surface area contributed by atoms with Crippen LogP contribution in [0.4, 0.5) is 0 Å². The second kappa shape index (κ2) is 4.42. The number of hydrogen-bond donors (Lipinski definition) is 0. The molecule has 0 fully saturated rings. The van der Waals surface area contributed by atoms with Crippen LogP contribution in [0.3, 0.4) is 0 Å². The minimum Gasteiger partial charge on any atom is -0.460 e. The van der Waals surface area contributed by atoms with Gasteiger partial charge in [0.2, 0.25) is 5.89 Å². The Balaban J connectivity index is 2.68. The highest BCUT2D eigenvalue weighted by Gasteiger charge is 2.19. The SMILES string of the molecule is CCOC(=O)c1noc(CC(C)(C)C)n1. The van der Waals surface area contributed by atoms with E-state index in [0.717, 1.165) is 0 Å². The van der Waals surface area contributed by atoms with Crippen molar-refractivity contribution in [3.05, 3.63) is 11.7 Å². The number of hydrogen-bond acceptors (Lipinski definition) is 5. The molecule has 5 heteroatoms. The first-order chi connectivity index (χ1) is 6.92. The molecule has 0 unspecified atom stereocenters. The van der Waals surface area contributed by atoms with Gasteiger partial charge in [-0.05, 0) is 17.5 Å². The van der Waals surface area contributed by atoms with Crippen LogP contribution in [0.25, 0.3) is 0 Å². The Labute approximate surface area is 88.8 Å². The zero-order valence-electron chi connectivity index (χ0n) is 9.53. The molecule has 0 saturated heterocycles. The van der Waals surface area contributed by atoms with Crippen LogP contribution in [0.1, 0.15) is 44.2 Å². The first-order valence-corrected chi connectivity index (χ1v) is 4.92. The Morgan fingerprint density at radius 2 is 2.13 bits per heavy atom. The predicted molar refractivity (Wildman–Crippen MR) is 53.4 cm³/mol. The van der Waals surface area contributed by atoms with E-state index < -0.39 is 5.97 Å². The monoisotopic (exact) mass is 212 g/mol. The lowest BCUT2D eigenvalue weighted by Crippen LogP contribution is -2.10. The van der Waals surface area contributed by atoms with Crippen LogP contribution in [0.5, 0.6) is 0 Å². The maximum absolute atomic E-state index is 11.2. The molecule has 0 atom stereocenters. The molecule has 1 heterocycles. The van der Waals surface area contributed by atoms with E-state index in [2.05, 4.69) is 30.9 Å². The van der Waals surface area contributed by atoms with E-state index in [4.69, 9.17) is 9.26 Å². The fourth-order valence-electron chi connectivity index (χ4n) is 1.06. The molecule has 0 aliphatic rings. The standard InChI is InChI=1S/C10H16N2O3/c1-5-14-9(13)8-11-7(15-12-8)6-10(2,3)4/h5-6H2,1-4H3. The lowest BCUT2D eigenvalue weighted by atomic mass is 9.92. The summed E-state index contributed by atoms with van der Waals surface area (Å²) in [6.45, 7) is 8.21. The summed E-state index contributed by atoms with van der Waals surface area (Å²) >= 11 is 0. The molecule has 5 nitrogen and oxygen atoms in total. The molecule has 15 heavy (non-hydrogen) atoms. The van der Waals surface area contributed by atoms with E-state index in [-0.39, 0.29) is 11.2 Å². The molecule has 0 amide bonds. The van der Waals surface area contributed by atoms with Gasteiger partial charge in [0.15, 0.2) is 0 Å².